The van der Waals surface area contributed by atoms with E-state index >= 15 is 0 Å². The van der Waals surface area contributed by atoms with Crippen LogP contribution in [0.3, 0.4) is 0 Å². The second-order valence-corrected chi connectivity index (χ2v) is 5.26. The zero-order valence-corrected chi connectivity index (χ0v) is 9.79. The molecule has 2 nitrogen and oxygen atoms in total. The van der Waals surface area contributed by atoms with Gasteiger partial charge in [-0.1, -0.05) is 20.8 Å². The van der Waals surface area contributed by atoms with Crippen LogP contribution in [0.2, 0.25) is 0 Å². The summed E-state index contributed by atoms with van der Waals surface area (Å²) in [5.41, 5.74) is 2.43. The van der Waals surface area contributed by atoms with Crippen molar-refractivity contribution in [3.63, 3.8) is 0 Å². The van der Waals surface area contributed by atoms with Gasteiger partial charge in [0.2, 0.25) is 0 Å². The molecule has 0 saturated carbocycles. The number of fused-ring (bicyclic) bond motifs is 1. The molecular weight excluding hydrogens is 186 g/mol. The predicted octanol–water partition coefficient (Wildman–Crippen LogP) is 3.72. The van der Waals surface area contributed by atoms with Gasteiger partial charge in [0.15, 0.2) is 0 Å². The first kappa shape index (κ1) is 10.2. The molecule has 0 fully saturated rings. The lowest BCUT2D eigenvalue weighted by atomic mass is 9.90. The maximum atomic E-state index is 5.83. The van der Waals surface area contributed by atoms with Crippen LogP contribution >= 0.6 is 0 Å². The molecule has 0 saturated heterocycles. The quantitative estimate of drug-likeness (QED) is 0.706. The summed E-state index contributed by atoms with van der Waals surface area (Å²) in [5.74, 6) is 1.09. The summed E-state index contributed by atoms with van der Waals surface area (Å²) < 4.78 is 5.83. The van der Waals surface area contributed by atoms with Gasteiger partial charge in [-0.25, -0.2) is 0 Å². The molecule has 15 heavy (non-hydrogen) atoms. The molecule has 2 aromatic rings. The third-order valence-electron chi connectivity index (χ3n) is 2.53. The minimum absolute atomic E-state index is 0.256. The molecule has 0 N–H and O–H groups in total. The number of nitrogens with zero attached hydrogens (tertiary/aromatic N) is 1. The highest BCUT2D eigenvalue weighted by Gasteiger charge is 2.17. The van der Waals surface area contributed by atoms with Crippen molar-refractivity contribution in [1.29, 1.82) is 0 Å². The SMILES string of the molecule is Cc1c(CC(C)(C)C)oc2ccncc12. The number of aromatic nitrogens is 1. The average molecular weight is 203 g/mol. The molecule has 0 aliphatic carbocycles. The largest absolute Gasteiger partial charge is 0.461 e. The molecule has 0 atom stereocenters. The van der Waals surface area contributed by atoms with Gasteiger partial charge in [0, 0.05) is 24.2 Å². The van der Waals surface area contributed by atoms with E-state index in [0.717, 1.165) is 23.2 Å². The smallest absolute Gasteiger partial charge is 0.137 e. The molecule has 0 amide bonds. The molecule has 2 rings (SSSR count). The fourth-order valence-electron chi connectivity index (χ4n) is 1.76. The first-order valence-corrected chi connectivity index (χ1v) is 5.29. The number of aryl methyl sites for hydroxylation is 1. The summed E-state index contributed by atoms with van der Waals surface area (Å²) in [6.45, 7) is 8.77. The van der Waals surface area contributed by atoms with Crippen molar-refractivity contribution in [2.75, 3.05) is 0 Å². The Kier molecular flexibility index (Phi) is 2.29. The maximum Gasteiger partial charge on any atom is 0.137 e. The Balaban J connectivity index is 2.49. The molecule has 80 valence electrons. The lowest BCUT2D eigenvalue weighted by molar-refractivity contribution is 0.369. The van der Waals surface area contributed by atoms with E-state index in [9.17, 15) is 0 Å². The number of hydrogen-bond donors (Lipinski definition) is 0. The summed E-state index contributed by atoms with van der Waals surface area (Å²) in [4.78, 5) is 4.12. The molecule has 2 heteroatoms. The first-order valence-electron chi connectivity index (χ1n) is 5.29. The highest BCUT2D eigenvalue weighted by molar-refractivity contribution is 5.80. The highest BCUT2D eigenvalue weighted by Crippen LogP contribution is 2.29. The minimum atomic E-state index is 0.256. The van der Waals surface area contributed by atoms with E-state index in [1.54, 1.807) is 6.20 Å². The van der Waals surface area contributed by atoms with Gasteiger partial charge < -0.3 is 4.42 Å². The molecule has 2 aromatic heterocycles. The lowest BCUT2D eigenvalue weighted by Crippen LogP contribution is -2.09. The van der Waals surface area contributed by atoms with Crippen molar-refractivity contribution in [1.82, 2.24) is 4.98 Å². The molecule has 0 radical (unpaired) electrons. The molecule has 0 aliphatic rings. The molecular formula is C13H17NO. The van der Waals surface area contributed by atoms with Crippen molar-refractivity contribution < 1.29 is 4.42 Å². The zero-order valence-electron chi connectivity index (χ0n) is 9.79. The average Bonchev–Trinajstić information content (AvgIpc) is 2.42. The number of furan rings is 1. The first-order chi connectivity index (χ1) is 6.97. The van der Waals surface area contributed by atoms with E-state index in [4.69, 9.17) is 4.42 Å². The molecule has 0 unspecified atom stereocenters. The van der Waals surface area contributed by atoms with E-state index in [2.05, 4.69) is 32.7 Å². The molecule has 2 heterocycles. The van der Waals surface area contributed by atoms with Crippen LogP contribution in [0, 0.1) is 12.3 Å². The Labute approximate surface area is 90.3 Å². The summed E-state index contributed by atoms with van der Waals surface area (Å²) >= 11 is 0. The Bertz CT molecular complexity index is 477. The standard InChI is InChI=1S/C13H17NO/c1-9-10-8-14-6-5-11(10)15-12(9)7-13(2,3)4/h5-6,8H,7H2,1-4H3. The predicted molar refractivity (Wildman–Crippen MR) is 61.9 cm³/mol. The molecule has 0 bridgehead atoms. The van der Waals surface area contributed by atoms with Gasteiger partial charge in [-0.3, -0.25) is 4.98 Å². The molecule has 0 aliphatic heterocycles. The topological polar surface area (TPSA) is 26.0 Å². The fraction of sp³-hybridized carbons (Fsp3) is 0.462. The van der Waals surface area contributed by atoms with Crippen molar-refractivity contribution in [2.24, 2.45) is 5.41 Å². The van der Waals surface area contributed by atoms with E-state index in [1.807, 2.05) is 12.3 Å². The Morgan fingerprint density at radius 1 is 1.33 bits per heavy atom. The third kappa shape index (κ3) is 2.04. The second kappa shape index (κ2) is 3.37. The van der Waals surface area contributed by atoms with Crippen LogP contribution in [0.25, 0.3) is 11.0 Å². The van der Waals surface area contributed by atoms with E-state index < -0.39 is 0 Å². The van der Waals surface area contributed by atoms with Crippen LogP contribution < -0.4 is 0 Å². The van der Waals surface area contributed by atoms with E-state index in [1.165, 1.54) is 5.56 Å². The van der Waals surface area contributed by atoms with Crippen molar-refractivity contribution in [3.8, 4) is 0 Å². The van der Waals surface area contributed by atoms with E-state index in [-0.39, 0.29) is 5.41 Å². The van der Waals surface area contributed by atoms with Gasteiger partial charge in [-0.05, 0) is 24.0 Å². The van der Waals surface area contributed by atoms with Crippen LogP contribution in [0.4, 0.5) is 0 Å². The van der Waals surface area contributed by atoms with Crippen LogP contribution in [0.5, 0.6) is 0 Å². The van der Waals surface area contributed by atoms with Gasteiger partial charge in [0.1, 0.15) is 11.3 Å². The maximum absolute atomic E-state index is 5.83. The Morgan fingerprint density at radius 3 is 2.67 bits per heavy atom. The lowest BCUT2D eigenvalue weighted by Gasteiger charge is -2.16. The molecule has 0 aromatic carbocycles. The van der Waals surface area contributed by atoms with Crippen molar-refractivity contribution in [3.05, 3.63) is 29.8 Å². The van der Waals surface area contributed by atoms with Crippen molar-refractivity contribution in [2.45, 2.75) is 34.1 Å². The fourth-order valence-corrected chi connectivity index (χ4v) is 1.76. The Morgan fingerprint density at radius 2 is 2.07 bits per heavy atom. The normalized spacial score (nSPS) is 12.3. The van der Waals surface area contributed by atoms with Gasteiger partial charge in [0.05, 0.1) is 0 Å². The highest BCUT2D eigenvalue weighted by atomic mass is 16.3. The summed E-state index contributed by atoms with van der Waals surface area (Å²) in [7, 11) is 0. The summed E-state index contributed by atoms with van der Waals surface area (Å²) in [6, 6.07) is 1.93. The van der Waals surface area contributed by atoms with Crippen LogP contribution in [-0.4, -0.2) is 4.98 Å². The number of hydrogen-bond acceptors (Lipinski definition) is 2. The third-order valence-corrected chi connectivity index (χ3v) is 2.53. The van der Waals surface area contributed by atoms with Crippen LogP contribution in [0.15, 0.2) is 22.9 Å². The molecule has 0 spiro atoms. The number of pyridine rings is 1. The van der Waals surface area contributed by atoms with Gasteiger partial charge >= 0.3 is 0 Å². The van der Waals surface area contributed by atoms with Crippen molar-refractivity contribution >= 4 is 11.0 Å². The number of rotatable bonds is 1. The summed E-state index contributed by atoms with van der Waals surface area (Å²) in [5, 5.41) is 1.14. The van der Waals surface area contributed by atoms with E-state index in [0.29, 0.717) is 0 Å². The Hall–Kier alpha value is -1.31. The second-order valence-electron chi connectivity index (χ2n) is 5.26. The van der Waals surface area contributed by atoms with Gasteiger partial charge in [-0.2, -0.15) is 0 Å². The van der Waals surface area contributed by atoms with Gasteiger partial charge in [0.25, 0.3) is 0 Å². The minimum Gasteiger partial charge on any atom is -0.461 e. The van der Waals surface area contributed by atoms with Crippen LogP contribution in [0.1, 0.15) is 32.1 Å². The monoisotopic (exact) mass is 203 g/mol. The van der Waals surface area contributed by atoms with Crippen LogP contribution in [-0.2, 0) is 6.42 Å². The summed E-state index contributed by atoms with van der Waals surface area (Å²) in [6.07, 6.45) is 4.61. The van der Waals surface area contributed by atoms with Gasteiger partial charge in [-0.15, -0.1) is 0 Å². The zero-order chi connectivity index (χ0) is 11.1.